The molecular formula is C26H18N8. The molecule has 0 saturated carbocycles. The third kappa shape index (κ3) is 2.76. The first kappa shape index (κ1) is 19.8. The minimum Gasteiger partial charge on any atom is -0.304 e. The highest BCUT2D eigenvalue weighted by molar-refractivity contribution is 6.11. The van der Waals surface area contributed by atoms with E-state index < -0.39 is 0 Å². The van der Waals surface area contributed by atoms with Gasteiger partial charge in [0.05, 0.1) is 23.0 Å². The van der Waals surface area contributed by atoms with Crippen LogP contribution in [-0.2, 0) is 6.54 Å². The van der Waals surface area contributed by atoms with E-state index in [1.54, 1.807) is 0 Å². The molecule has 0 amide bonds. The molecule has 0 aliphatic heterocycles. The lowest BCUT2D eigenvalue weighted by Gasteiger charge is -2.12. The van der Waals surface area contributed by atoms with Crippen LogP contribution in [0, 0.1) is 22.7 Å². The smallest absolute Gasteiger partial charge is 0.179 e. The Hall–Kier alpha value is -4.82. The standard InChI is InChI=1S/C26H18N8/c1-15(2)23-32-24-21(25-30-17-10-6-7-11-20(17)34(23)25)22-26(31-19(13-28)18(12-27)29-22)33(24)14-16-8-4-3-5-9-16/h3-11,15H,14H2,1-2H3. The summed E-state index contributed by atoms with van der Waals surface area (Å²) < 4.78 is 4.04. The Morgan fingerprint density at radius 1 is 0.794 bits per heavy atom. The zero-order valence-electron chi connectivity index (χ0n) is 18.6. The van der Waals surface area contributed by atoms with Crippen LogP contribution in [0.15, 0.2) is 54.6 Å². The Bertz CT molecular complexity index is 1830. The maximum Gasteiger partial charge on any atom is 0.179 e. The van der Waals surface area contributed by atoms with Crippen molar-refractivity contribution in [3.8, 4) is 12.1 Å². The molecule has 4 aromatic heterocycles. The van der Waals surface area contributed by atoms with Gasteiger partial charge in [-0.1, -0.05) is 56.3 Å². The molecule has 2 aromatic carbocycles. The largest absolute Gasteiger partial charge is 0.304 e. The lowest BCUT2D eigenvalue weighted by atomic mass is 10.2. The Morgan fingerprint density at radius 3 is 2.24 bits per heavy atom. The monoisotopic (exact) mass is 442 g/mol. The average Bonchev–Trinajstić information content (AvgIpc) is 3.39. The first-order chi connectivity index (χ1) is 16.6. The summed E-state index contributed by atoms with van der Waals surface area (Å²) >= 11 is 0. The van der Waals surface area contributed by atoms with Gasteiger partial charge in [0.1, 0.15) is 29.1 Å². The summed E-state index contributed by atoms with van der Waals surface area (Å²) in [6.07, 6.45) is 0. The number of nitrogens with zero attached hydrogens (tertiary/aromatic N) is 8. The van der Waals surface area contributed by atoms with Crippen LogP contribution >= 0.6 is 0 Å². The van der Waals surface area contributed by atoms with E-state index in [1.807, 2.05) is 71.3 Å². The van der Waals surface area contributed by atoms with Gasteiger partial charge in [-0.15, -0.1) is 0 Å². The van der Waals surface area contributed by atoms with Crippen LogP contribution in [0.25, 0.3) is 38.9 Å². The third-order valence-electron chi connectivity index (χ3n) is 5.99. The van der Waals surface area contributed by atoms with Gasteiger partial charge in [-0.25, -0.2) is 19.9 Å². The lowest BCUT2D eigenvalue weighted by Crippen LogP contribution is -2.07. The number of nitriles is 2. The summed E-state index contributed by atoms with van der Waals surface area (Å²) in [5.41, 5.74) is 5.30. The maximum absolute atomic E-state index is 9.62. The van der Waals surface area contributed by atoms with E-state index in [0.29, 0.717) is 23.4 Å². The van der Waals surface area contributed by atoms with E-state index in [1.165, 1.54) is 0 Å². The molecule has 4 heterocycles. The Labute approximate surface area is 194 Å². The zero-order valence-corrected chi connectivity index (χ0v) is 18.6. The van der Waals surface area contributed by atoms with Crippen LogP contribution in [0.5, 0.6) is 0 Å². The van der Waals surface area contributed by atoms with Gasteiger partial charge < -0.3 is 4.57 Å². The molecule has 8 heteroatoms. The van der Waals surface area contributed by atoms with Crippen LogP contribution in [0.3, 0.4) is 0 Å². The highest BCUT2D eigenvalue weighted by Gasteiger charge is 2.25. The van der Waals surface area contributed by atoms with Crippen molar-refractivity contribution in [3.63, 3.8) is 0 Å². The van der Waals surface area contributed by atoms with E-state index in [2.05, 4.69) is 28.2 Å². The molecule has 0 saturated heterocycles. The third-order valence-corrected chi connectivity index (χ3v) is 5.99. The summed E-state index contributed by atoms with van der Waals surface area (Å²) in [5.74, 6) is 0.993. The fourth-order valence-electron chi connectivity index (χ4n) is 4.49. The molecular weight excluding hydrogens is 424 g/mol. The molecule has 0 aliphatic rings. The SMILES string of the molecule is CC(C)c1nc2c(c3nc(C#N)c(C#N)nc3n2Cc2ccccc2)c2nc3ccccc3n12. The first-order valence-corrected chi connectivity index (χ1v) is 11.0. The highest BCUT2D eigenvalue weighted by atomic mass is 15.2. The predicted molar refractivity (Wildman–Crippen MR) is 128 cm³/mol. The van der Waals surface area contributed by atoms with Crippen molar-refractivity contribution in [1.29, 1.82) is 10.5 Å². The molecule has 8 nitrogen and oxygen atoms in total. The minimum absolute atomic E-state index is 0.000671. The fraction of sp³-hybridized carbons (Fsp3) is 0.154. The molecule has 0 bridgehead atoms. The van der Waals surface area contributed by atoms with Crippen molar-refractivity contribution in [2.24, 2.45) is 0 Å². The van der Waals surface area contributed by atoms with E-state index in [4.69, 9.17) is 9.97 Å². The lowest BCUT2D eigenvalue weighted by molar-refractivity contribution is 0.755. The van der Waals surface area contributed by atoms with Crippen molar-refractivity contribution in [2.75, 3.05) is 0 Å². The molecule has 0 spiro atoms. The van der Waals surface area contributed by atoms with Gasteiger partial charge in [0, 0.05) is 5.92 Å². The molecule has 0 atom stereocenters. The van der Waals surface area contributed by atoms with E-state index in [9.17, 15) is 10.5 Å². The van der Waals surface area contributed by atoms with Gasteiger partial charge in [-0.05, 0) is 17.7 Å². The first-order valence-electron chi connectivity index (χ1n) is 11.0. The van der Waals surface area contributed by atoms with Gasteiger partial charge in [0.15, 0.2) is 22.7 Å². The van der Waals surface area contributed by atoms with E-state index in [0.717, 1.165) is 33.5 Å². The molecule has 6 aromatic rings. The molecule has 0 radical (unpaired) electrons. The number of imidazole rings is 1. The minimum atomic E-state index is -0.00374. The second-order valence-electron chi connectivity index (χ2n) is 8.47. The normalized spacial score (nSPS) is 11.6. The van der Waals surface area contributed by atoms with Crippen molar-refractivity contribution in [1.82, 2.24) is 28.9 Å². The zero-order chi connectivity index (χ0) is 23.4. The number of aromatic nitrogens is 6. The topological polar surface area (TPSA) is 108 Å². The number of rotatable bonds is 3. The van der Waals surface area contributed by atoms with Crippen molar-refractivity contribution >= 4 is 38.9 Å². The Kier molecular flexibility index (Phi) is 4.29. The average molecular weight is 442 g/mol. The highest BCUT2D eigenvalue weighted by Crippen LogP contribution is 2.34. The molecule has 0 fully saturated rings. The molecule has 0 aliphatic carbocycles. The van der Waals surface area contributed by atoms with Gasteiger partial charge in [0.2, 0.25) is 0 Å². The maximum atomic E-state index is 9.62. The van der Waals surface area contributed by atoms with Crippen LogP contribution in [0.2, 0.25) is 0 Å². The van der Waals surface area contributed by atoms with Crippen LogP contribution in [0.4, 0.5) is 0 Å². The second kappa shape index (κ2) is 7.36. The van der Waals surface area contributed by atoms with Crippen molar-refractivity contribution in [3.05, 3.63) is 77.4 Å². The van der Waals surface area contributed by atoms with Crippen LogP contribution < -0.4 is 0 Å². The number of para-hydroxylation sites is 2. The summed E-state index contributed by atoms with van der Waals surface area (Å²) in [7, 11) is 0. The van der Waals surface area contributed by atoms with Gasteiger partial charge in [0.25, 0.3) is 0 Å². The Balaban J connectivity index is 1.85. The number of benzene rings is 2. The predicted octanol–water partition coefficient (Wildman–Crippen LogP) is 4.70. The van der Waals surface area contributed by atoms with Crippen molar-refractivity contribution in [2.45, 2.75) is 26.3 Å². The second-order valence-corrected chi connectivity index (χ2v) is 8.47. The Morgan fingerprint density at radius 2 is 1.50 bits per heavy atom. The van der Waals surface area contributed by atoms with Gasteiger partial charge >= 0.3 is 0 Å². The molecule has 6 rings (SSSR count). The number of hydrogen-bond acceptors (Lipinski definition) is 6. The van der Waals surface area contributed by atoms with Crippen LogP contribution in [-0.4, -0.2) is 28.9 Å². The number of hydrogen-bond donors (Lipinski definition) is 0. The fourth-order valence-corrected chi connectivity index (χ4v) is 4.49. The summed E-state index contributed by atoms with van der Waals surface area (Å²) in [4.78, 5) is 19.2. The number of fused-ring (bicyclic) bond motifs is 7. The van der Waals surface area contributed by atoms with Gasteiger partial charge in [-0.2, -0.15) is 10.5 Å². The van der Waals surface area contributed by atoms with Crippen molar-refractivity contribution < 1.29 is 0 Å². The summed E-state index contributed by atoms with van der Waals surface area (Å²) in [5, 5.41) is 19.9. The molecule has 34 heavy (non-hydrogen) atoms. The summed E-state index contributed by atoms with van der Waals surface area (Å²) in [6, 6.07) is 22.0. The van der Waals surface area contributed by atoms with Gasteiger partial charge in [-0.3, -0.25) is 4.40 Å². The molecule has 0 unspecified atom stereocenters. The van der Waals surface area contributed by atoms with E-state index in [-0.39, 0.29) is 17.3 Å². The van der Waals surface area contributed by atoms with Crippen LogP contribution in [0.1, 0.15) is 42.5 Å². The molecule has 0 N–H and O–H groups in total. The summed E-state index contributed by atoms with van der Waals surface area (Å²) in [6.45, 7) is 4.70. The quantitative estimate of drug-likeness (QED) is 0.393. The van der Waals surface area contributed by atoms with E-state index >= 15 is 0 Å². The molecule has 162 valence electrons.